The Kier molecular flexibility index (Phi) is 7.76. The zero-order valence-corrected chi connectivity index (χ0v) is 22.5. The zero-order chi connectivity index (χ0) is 27.4. The Bertz CT molecular complexity index is 1390. The largest absolute Gasteiger partial charge is 0.494 e. The lowest BCUT2D eigenvalue weighted by atomic mass is 9.74. The first-order chi connectivity index (χ1) is 18.8. The number of nitrogens with one attached hydrogen (secondary N) is 2. The van der Waals surface area contributed by atoms with Crippen molar-refractivity contribution >= 4 is 11.8 Å². The Morgan fingerprint density at radius 3 is 2.62 bits per heavy atom. The second-order valence-corrected chi connectivity index (χ2v) is 10.6. The number of ether oxygens (including phenoxy) is 1. The summed E-state index contributed by atoms with van der Waals surface area (Å²) in [5.41, 5.74) is 1.86. The van der Waals surface area contributed by atoms with Crippen LogP contribution >= 0.6 is 0 Å². The van der Waals surface area contributed by atoms with Crippen molar-refractivity contribution in [3.05, 3.63) is 69.2 Å². The molecule has 1 aromatic carbocycles. The van der Waals surface area contributed by atoms with Gasteiger partial charge in [-0.25, -0.2) is 4.98 Å². The van der Waals surface area contributed by atoms with Gasteiger partial charge in [-0.15, -0.1) is 5.10 Å². The van der Waals surface area contributed by atoms with Gasteiger partial charge in [0, 0.05) is 56.5 Å². The van der Waals surface area contributed by atoms with E-state index in [-0.39, 0.29) is 23.8 Å². The molecule has 5 heterocycles. The fourth-order valence-electron chi connectivity index (χ4n) is 5.44. The number of hydrogen-bond donors (Lipinski definition) is 2. The van der Waals surface area contributed by atoms with Gasteiger partial charge in [-0.05, 0) is 50.8 Å². The summed E-state index contributed by atoms with van der Waals surface area (Å²) in [6.45, 7) is 6.07. The Labute approximate surface area is 227 Å². The molecule has 6 rings (SSSR count). The van der Waals surface area contributed by atoms with Crippen molar-refractivity contribution in [2.24, 2.45) is 5.41 Å². The molecule has 0 aliphatic carbocycles. The van der Waals surface area contributed by atoms with E-state index in [1.54, 1.807) is 23.4 Å². The maximum atomic E-state index is 13.7. The van der Waals surface area contributed by atoms with Gasteiger partial charge in [-0.1, -0.05) is 17.3 Å². The molecule has 39 heavy (non-hydrogen) atoms. The van der Waals surface area contributed by atoms with Gasteiger partial charge in [0.05, 0.1) is 24.1 Å². The van der Waals surface area contributed by atoms with Crippen LogP contribution in [-0.4, -0.2) is 67.9 Å². The normalized spacial score (nSPS) is 17.9. The molecule has 1 spiro atoms. The van der Waals surface area contributed by atoms with Crippen LogP contribution in [0.2, 0.25) is 0 Å². The van der Waals surface area contributed by atoms with Crippen LogP contribution in [0.1, 0.15) is 47.6 Å². The predicted octanol–water partition coefficient (Wildman–Crippen LogP) is 1.51. The molecule has 0 radical (unpaired) electrons. The van der Waals surface area contributed by atoms with E-state index < -0.39 is 5.41 Å². The van der Waals surface area contributed by atoms with Gasteiger partial charge >= 0.3 is 0 Å². The highest BCUT2D eigenvalue weighted by molar-refractivity contribution is 5.84. The predicted molar refractivity (Wildman–Crippen MR) is 143 cm³/mol. The van der Waals surface area contributed by atoms with Gasteiger partial charge in [-0.3, -0.25) is 19.1 Å². The summed E-state index contributed by atoms with van der Waals surface area (Å²) in [6.07, 6.45) is 4.84. The van der Waals surface area contributed by atoms with E-state index in [0.717, 1.165) is 23.4 Å². The number of piperidine rings is 1. The maximum Gasteiger partial charge on any atom is 0.254 e. The SMILES string of the molecule is Cc1nc(C)c(CC(=O)N2CCC3(CC2)Cc2cn(nn2)CCCOc2ccc(cc2)CCNC3=O)c(=O)[nH]1. The number of H-pyrrole nitrogens is 1. The van der Waals surface area contributed by atoms with Crippen LogP contribution < -0.4 is 15.6 Å². The molecule has 2 amide bonds. The van der Waals surface area contributed by atoms with Gasteiger partial charge in [-0.2, -0.15) is 0 Å². The molecule has 3 aliphatic rings. The van der Waals surface area contributed by atoms with Crippen LogP contribution in [-0.2, 0) is 35.4 Å². The van der Waals surface area contributed by atoms with Crippen LogP contribution in [0.15, 0.2) is 35.3 Å². The van der Waals surface area contributed by atoms with Crippen LogP contribution in [0, 0.1) is 19.3 Å². The summed E-state index contributed by atoms with van der Waals surface area (Å²) >= 11 is 0. The van der Waals surface area contributed by atoms with Crippen LogP contribution in [0.3, 0.4) is 0 Å². The number of likely N-dealkylation sites (tertiary alicyclic amines) is 1. The van der Waals surface area contributed by atoms with E-state index in [2.05, 4.69) is 25.6 Å². The average molecular weight is 534 g/mol. The molecule has 0 saturated carbocycles. The first kappa shape index (κ1) is 26.6. The van der Waals surface area contributed by atoms with Crippen molar-refractivity contribution in [2.75, 3.05) is 26.2 Å². The number of aryl methyl sites for hydroxylation is 3. The second kappa shape index (κ2) is 11.4. The van der Waals surface area contributed by atoms with Crippen molar-refractivity contribution in [2.45, 2.75) is 58.9 Å². The monoisotopic (exact) mass is 533 g/mol. The van der Waals surface area contributed by atoms with E-state index in [0.29, 0.717) is 75.6 Å². The number of aromatic nitrogens is 5. The Balaban J connectivity index is 1.31. The molecule has 206 valence electrons. The summed E-state index contributed by atoms with van der Waals surface area (Å²) in [5.74, 6) is 1.19. The molecule has 3 aromatic rings. The molecule has 11 nitrogen and oxygen atoms in total. The fraction of sp³-hybridized carbons (Fsp3) is 0.500. The first-order valence-corrected chi connectivity index (χ1v) is 13.5. The minimum Gasteiger partial charge on any atom is -0.494 e. The highest BCUT2D eigenvalue weighted by Gasteiger charge is 2.43. The number of carbonyl (C=O) groups is 2. The molecular weight excluding hydrogens is 498 g/mol. The lowest BCUT2D eigenvalue weighted by molar-refractivity contribution is -0.140. The number of rotatable bonds is 2. The molecule has 1 fully saturated rings. The van der Waals surface area contributed by atoms with Gasteiger partial charge in [0.1, 0.15) is 11.6 Å². The molecule has 4 bridgehead atoms. The molecule has 3 aliphatic heterocycles. The second-order valence-electron chi connectivity index (χ2n) is 10.6. The number of aromatic amines is 1. The highest BCUT2D eigenvalue weighted by Crippen LogP contribution is 2.35. The number of fused-ring (bicyclic) bond motifs is 8. The van der Waals surface area contributed by atoms with E-state index in [1.165, 1.54) is 0 Å². The Morgan fingerprint density at radius 2 is 1.87 bits per heavy atom. The van der Waals surface area contributed by atoms with Gasteiger partial charge in [0.15, 0.2) is 0 Å². The molecule has 2 N–H and O–H groups in total. The van der Waals surface area contributed by atoms with Crippen molar-refractivity contribution in [3.8, 4) is 5.75 Å². The van der Waals surface area contributed by atoms with E-state index in [1.807, 2.05) is 30.5 Å². The van der Waals surface area contributed by atoms with Crippen molar-refractivity contribution in [3.63, 3.8) is 0 Å². The fourth-order valence-corrected chi connectivity index (χ4v) is 5.44. The molecular formula is C28H35N7O4. The molecule has 0 unspecified atom stereocenters. The average Bonchev–Trinajstić information content (AvgIpc) is 3.36. The quantitative estimate of drug-likeness (QED) is 0.510. The lowest BCUT2D eigenvalue weighted by Gasteiger charge is -2.40. The van der Waals surface area contributed by atoms with Crippen molar-refractivity contribution < 1.29 is 14.3 Å². The number of carbonyl (C=O) groups excluding carboxylic acids is 2. The number of amides is 2. The van der Waals surface area contributed by atoms with Gasteiger partial charge < -0.3 is 19.9 Å². The molecule has 2 aromatic heterocycles. The lowest BCUT2D eigenvalue weighted by Crippen LogP contribution is -2.52. The topological polar surface area (TPSA) is 135 Å². The third-order valence-electron chi connectivity index (χ3n) is 7.75. The highest BCUT2D eigenvalue weighted by atomic mass is 16.5. The maximum absolute atomic E-state index is 13.7. The minimum atomic E-state index is -0.697. The van der Waals surface area contributed by atoms with Crippen molar-refractivity contribution in [1.82, 2.24) is 35.2 Å². The first-order valence-electron chi connectivity index (χ1n) is 13.5. The Morgan fingerprint density at radius 1 is 1.10 bits per heavy atom. The standard InChI is InChI=1S/C28H35N7O4/c1-19-24(26(37)31-20(2)30-19)16-25(36)34-13-9-28(10-14-34)17-22-18-35(33-32-22)12-3-15-39-23-6-4-21(5-7-23)8-11-29-27(28)38/h4-7,18H,3,8-17H2,1-2H3,(H,29,38)(H,30,31,37). The zero-order valence-electron chi connectivity index (χ0n) is 22.5. The summed E-state index contributed by atoms with van der Waals surface area (Å²) in [6, 6.07) is 7.97. The smallest absolute Gasteiger partial charge is 0.254 e. The number of benzene rings is 1. The van der Waals surface area contributed by atoms with E-state index in [4.69, 9.17) is 4.74 Å². The summed E-state index contributed by atoms with van der Waals surface area (Å²) in [5, 5.41) is 11.8. The van der Waals surface area contributed by atoms with Crippen LogP contribution in [0.5, 0.6) is 5.75 Å². The summed E-state index contributed by atoms with van der Waals surface area (Å²) < 4.78 is 7.63. The number of hydrogen-bond acceptors (Lipinski definition) is 7. The molecule has 1 saturated heterocycles. The third-order valence-corrected chi connectivity index (χ3v) is 7.75. The van der Waals surface area contributed by atoms with Crippen LogP contribution in [0.25, 0.3) is 0 Å². The van der Waals surface area contributed by atoms with Crippen LogP contribution in [0.4, 0.5) is 0 Å². The summed E-state index contributed by atoms with van der Waals surface area (Å²) in [4.78, 5) is 47.9. The molecule has 11 heteroatoms. The van der Waals surface area contributed by atoms with Crippen molar-refractivity contribution in [1.29, 1.82) is 0 Å². The van der Waals surface area contributed by atoms with E-state index >= 15 is 0 Å². The van der Waals surface area contributed by atoms with E-state index in [9.17, 15) is 14.4 Å². The van der Waals surface area contributed by atoms with Gasteiger partial charge in [0.25, 0.3) is 5.56 Å². The van der Waals surface area contributed by atoms with Gasteiger partial charge in [0.2, 0.25) is 11.8 Å². The third kappa shape index (κ3) is 6.18. The minimum absolute atomic E-state index is 0.00945. The molecule has 0 atom stereocenters. The Hall–Kier alpha value is -4.02. The number of nitrogens with zero attached hydrogens (tertiary/aromatic N) is 5. The summed E-state index contributed by atoms with van der Waals surface area (Å²) in [7, 11) is 0.